The lowest BCUT2D eigenvalue weighted by Gasteiger charge is -2.08. The first-order valence-corrected chi connectivity index (χ1v) is 8.65. The first kappa shape index (κ1) is 20.4. The Morgan fingerprint density at radius 1 is 1.26 bits per heavy atom. The van der Waals surface area contributed by atoms with E-state index in [0.717, 1.165) is 0 Å². The Morgan fingerprint density at radius 3 is 2.56 bits per heavy atom. The van der Waals surface area contributed by atoms with E-state index < -0.39 is 10.8 Å². The molecule has 0 fully saturated rings. The Morgan fingerprint density at radius 2 is 1.96 bits per heavy atom. The molecular weight excluding hydrogens is 389 g/mol. The number of nitro benzene ring substituents is 1. The molecule has 0 saturated heterocycles. The number of nitriles is 1. The highest BCUT2D eigenvalue weighted by atomic mass is 35.5. The maximum atomic E-state index is 12.4. The number of benzene rings is 2. The zero-order chi connectivity index (χ0) is 20.1. The van der Waals surface area contributed by atoms with Crippen molar-refractivity contribution in [2.45, 2.75) is 19.8 Å². The summed E-state index contributed by atoms with van der Waals surface area (Å²) in [5.41, 5.74) is 0.921. The molecule has 2 aromatic carbocycles. The van der Waals surface area contributed by atoms with Gasteiger partial charge in [-0.25, -0.2) is 0 Å². The highest BCUT2D eigenvalue weighted by Gasteiger charge is 2.18. The summed E-state index contributed by atoms with van der Waals surface area (Å²) < 4.78 is 0. The van der Waals surface area contributed by atoms with Crippen LogP contribution in [0.4, 0.5) is 11.4 Å². The number of amides is 1. The molecule has 0 unspecified atom stereocenters. The van der Waals surface area contributed by atoms with Crippen molar-refractivity contribution in [1.82, 2.24) is 0 Å². The fourth-order valence-corrected chi connectivity index (χ4v) is 2.73. The number of carbonyl (C=O) groups is 1. The topological polar surface area (TPSA) is 96.0 Å². The second kappa shape index (κ2) is 8.67. The van der Waals surface area contributed by atoms with Crippen molar-refractivity contribution in [3.8, 4) is 6.07 Å². The smallest absolute Gasteiger partial charge is 0.273 e. The fourth-order valence-electron chi connectivity index (χ4n) is 2.40. The lowest BCUT2D eigenvalue weighted by molar-refractivity contribution is -0.385. The molecule has 0 heterocycles. The molecule has 1 N–H and O–H groups in total. The minimum Gasteiger partial charge on any atom is -0.320 e. The van der Waals surface area contributed by atoms with Gasteiger partial charge in [0, 0.05) is 16.7 Å². The van der Waals surface area contributed by atoms with Crippen molar-refractivity contribution in [2.24, 2.45) is 0 Å². The molecule has 2 aromatic rings. The van der Waals surface area contributed by atoms with Crippen LogP contribution in [0.3, 0.4) is 0 Å². The van der Waals surface area contributed by atoms with Gasteiger partial charge in [0.25, 0.3) is 11.6 Å². The number of nitrogens with one attached hydrogen (secondary N) is 1. The summed E-state index contributed by atoms with van der Waals surface area (Å²) >= 11 is 11.9. The third kappa shape index (κ3) is 5.07. The third-order valence-corrected chi connectivity index (χ3v) is 4.29. The Kier molecular flexibility index (Phi) is 6.56. The molecule has 138 valence electrons. The van der Waals surface area contributed by atoms with E-state index in [2.05, 4.69) is 5.32 Å². The first-order valence-electron chi connectivity index (χ1n) is 7.89. The van der Waals surface area contributed by atoms with Gasteiger partial charge in [-0.3, -0.25) is 14.9 Å². The quantitative estimate of drug-likeness (QED) is 0.305. The van der Waals surface area contributed by atoms with Crippen molar-refractivity contribution in [1.29, 1.82) is 5.26 Å². The van der Waals surface area contributed by atoms with Gasteiger partial charge in [-0.15, -0.1) is 0 Å². The second-order valence-electron chi connectivity index (χ2n) is 5.98. The van der Waals surface area contributed by atoms with Gasteiger partial charge < -0.3 is 5.32 Å². The number of nitro groups is 1. The van der Waals surface area contributed by atoms with E-state index in [0.29, 0.717) is 16.1 Å². The number of carbonyl (C=O) groups excluding carboxylic acids is 1. The van der Waals surface area contributed by atoms with Gasteiger partial charge in [0.2, 0.25) is 0 Å². The third-order valence-electron chi connectivity index (χ3n) is 3.73. The summed E-state index contributed by atoms with van der Waals surface area (Å²) in [5, 5.41) is 23.7. The minimum absolute atomic E-state index is 0.0351. The van der Waals surface area contributed by atoms with E-state index in [1.807, 2.05) is 13.8 Å². The maximum Gasteiger partial charge on any atom is 0.273 e. The summed E-state index contributed by atoms with van der Waals surface area (Å²) in [7, 11) is 0. The maximum absolute atomic E-state index is 12.4. The number of rotatable bonds is 5. The van der Waals surface area contributed by atoms with Gasteiger partial charge in [0.15, 0.2) is 0 Å². The Labute approximate surface area is 166 Å². The summed E-state index contributed by atoms with van der Waals surface area (Å²) in [4.78, 5) is 23.2. The summed E-state index contributed by atoms with van der Waals surface area (Å²) in [5.74, 6) is -0.732. The molecule has 2 rings (SSSR count). The van der Waals surface area contributed by atoms with E-state index in [1.54, 1.807) is 24.3 Å². The predicted octanol–water partition coefficient (Wildman–Crippen LogP) is 5.57. The minimum atomic E-state index is -0.697. The van der Waals surface area contributed by atoms with Crippen molar-refractivity contribution < 1.29 is 9.72 Å². The van der Waals surface area contributed by atoms with E-state index in [1.165, 1.54) is 24.3 Å². The lowest BCUT2D eigenvalue weighted by atomic mass is 9.98. The van der Waals surface area contributed by atoms with E-state index >= 15 is 0 Å². The van der Waals surface area contributed by atoms with E-state index in [-0.39, 0.29) is 27.9 Å². The molecule has 1 amide bonds. The zero-order valence-corrected chi connectivity index (χ0v) is 16.0. The Bertz CT molecular complexity index is 979. The fraction of sp³-hybridized carbons (Fsp3) is 0.158. The summed E-state index contributed by atoms with van der Waals surface area (Å²) in [6.45, 7) is 3.70. The van der Waals surface area contributed by atoms with Crippen LogP contribution < -0.4 is 5.32 Å². The number of halogens is 2. The molecule has 0 saturated carbocycles. The lowest BCUT2D eigenvalue weighted by Crippen LogP contribution is -2.13. The van der Waals surface area contributed by atoms with Gasteiger partial charge >= 0.3 is 0 Å². The predicted molar refractivity (Wildman–Crippen MR) is 106 cm³/mol. The highest BCUT2D eigenvalue weighted by molar-refractivity contribution is 6.36. The van der Waals surface area contributed by atoms with Gasteiger partial charge in [-0.1, -0.05) is 49.2 Å². The number of hydrogen-bond donors (Lipinski definition) is 1. The van der Waals surface area contributed by atoms with Gasteiger partial charge in [0.1, 0.15) is 11.6 Å². The first-order chi connectivity index (χ1) is 12.7. The van der Waals surface area contributed by atoms with Crippen LogP contribution in [0.15, 0.2) is 42.0 Å². The number of hydrogen-bond acceptors (Lipinski definition) is 4. The van der Waals surface area contributed by atoms with Crippen LogP contribution in [0.25, 0.3) is 6.08 Å². The Balaban J connectivity index is 2.36. The summed E-state index contributed by atoms with van der Waals surface area (Å²) in [6.07, 6.45) is 1.28. The van der Waals surface area contributed by atoms with Crippen LogP contribution in [-0.4, -0.2) is 10.8 Å². The van der Waals surface area contributed by atoms with E-state index in [4.69, 9.17) is 23.2 Å². The van der Waals surface area contributed by atoms with Crippen molar-refractivity contribution in [3.05, 3.63) is 73.3 Å². The van der Waals surface area contributed by atoms with Gasteiger partial charge in [0.05, 0.1) is 15.6 Å². The van der Waals surface area contributed by atoms with Gasteiger partial charge in [-0.2, -0.15) is 5.26 Å². The standard InChI is InChI=1S/C19H15Cl2N3O3/c1-11(2)15-5-3-12(8-18(15)24(26)27)7-13(10-22)19(25)23-17-9-14(20)4-6-16(17)21/h3-9,11H,1-2H3,(H,23,25)/b13-7+. The molecule has 0 aliphatic carbocycles. The summed E-state index contributed by atoms with van der Waals surface area (Å²) in [6, 6.07) is 10.9. The molecular formula is C19H15Cl2N3O3. The van der Waals surface area contributed by atoms with Crippen molar-refractivity contribution >= 4 is 46.6 Å². The van der Waals surface area contributed by atoms with Crippen LogP contribution in [0.1, 0.15) is 30.9 Å². The molecule has 0 atom stereocenters. The van der Waals surface area contributed by atoms with Crippen LogP contribution in [-0.2, 0) is 4.79 Å². The monoisotopic (exact) mass is 403 g/mol. The molecule has 0 aliphatic heterocycles. The van der Waals surface area contributed by atoms with Crippen LogP contribution >= 0.6 is 23.2 Å². The van der Waals surface area contributed by atoms with Crippen molar-refractivity contribution in [2.75, 3.05) is 5.32 Å². The van der Waals surface area contributed by atoms with Crippen LogP contribution in [0.5, 0.6) is 0 Å². The van der Waals surface area contributed by atoms with Gasteiger partial charge in [-0.05, 0) is 35.8 Å². The highest BCUT2D eigenvalue weighted by Crippen LogP contribution is 2.29. The average molecular weight is 404 g/mol. The van der Waals surface area contributed by atoms with Crippen LogP contribution in [0, 0.1) is 21.4 Å². The van der Waals surface area contributed by atoms with Crippen molar-refractivity contribution in [3.63, 3.8) is 0 Å². The zero-order valence-electron chi connectivity index (χ0n) is 14.5. The average Bonchev–Trinajstić information content (AvgIpc) is 2.62. The molecule has 0 spiro atoms. The number of nitrogens with zero attached hydrogens (tertiary/aromatic N) is 2. The largest absolute Gasteiger partial charge is 0.320 e. The molecule has 0 radical (unpaired) electrons. The molecule has 0 aromatic heterocycles. The Hall–Kier alpha value is -2.88. The molecule has 0 aliphatic rings. The normalized spacial score (nSPS) is 11.2. The van der Waals surface area contributed by atoms with E-state index in [9.17, 15) is 20.2 Å². The number of anilines is 1. The second-order valence-corrected chi connectivity index (χ2v) is 6.82. The molecule has 27 heavy (non-hydrogen) atoms. The SMILES string of the molecule is CC(C)c1ccc(/C=C(\C#N)C(=O)Nc2cc(Cl)ccc2Cl)cc1[N+](=O)[O-]. The molecule has 6 nitrogen and oxygen atoms in total. The van der Waals surface area contributed by atoms with Crippen LogP contribution in [0.2, 0.25) is 10.0 Å². The molecule has 0 bridgehead atoms. The molecule has 8 heteroatoms.